The second-order valence-corrected chi connectivity index (χ2v) is 20.7. The second-order valence-electron chi connectivity index (χ2n) is 15.9. The molecule has 0 saturated heterocycles. The number of carbonyl (C=O) groups excluding carboxylic acids is 2. The zero-order valence-corrected chi connectivity index (χ0v) is 34.6. The first-order chi connectivity index (χ1) is 24.1. The van der Waals surface area contributed by atoms with E-state index in [1.54, 1.807) is 27.9 Å². The number of hydrogen-bond acceptors (Lipinski definition) is 10. The number of benzene rings is 2. The van der Waals surface area contributed by atoms with Gasteiger partial charge in [-0.05, 0) is 82.9 Å². The predicted octanol–water partition coefficient (Wildman–Crippen LogP) is 6.66. The molecule has 2 aromatic carbocycles. The third-order valence-electron chi connectivity index (χ3n) is 7.89. The van der Waals surface area contributed by atoms with Crippen LogP contribution in [0.25, 0.3) is 0 Å². The molecule has 0 heterocycles. The third-order valence-corrected chi connectivity index (χ3v) is 12.4. The van der Waals surface area contributed by atoms with Crippen molar-refractivity contribution in [2.24, 2.45) is 0 Å². The Kier molecular flexibility index (Phi) is 19.7. The Morgan fingerprint density at radius 3 is 1.63 bits per heavy atom. The standard InChI is InChI=1S/C22H39NO5Si.C17H27NO5/c1-21(2,3)28-20(25)23-16-18(24)15-17-11-9-10-12-19(17)26-13-14-27-29(7,8)22(4,5)6;1-17(2,3)23-16(20)18-12-14(21-4)11-13-7-5-6-8-15(13)22-10-9-19/h9-12,18,24H,13-16H2,1-8H3,(H,23,25);5-8,14,19H,9-12H2,1-4H3,(H,18,20)/t18-;14-/m11/s1. The van der Waals surface area contributed by atoms with Crippen LogP contribution in [-0.2, 0) is 31.5 Å². The van der Waals surface area contributed by atoms with Crippen molar-refractivity contribution in [2.75, 3.05) is 46.6 Å². The van der Waals surface area contributed by atoms with Crippen molar-refractivity contribution in [2.45, 2.75) is 117 Å². The van der Waals surface area contributed by atoms with E-state index < -0.39 is 37.8 Å². The van der Waals surface area contributed by atoms with Crippen molar-refractivity contribution in [3.63, 3.8) is 0 Å². The number of aliphatic hydroxyl groups is 2. The molecule has 13 heteroatoms. The van der Waals surface area contributed by atoms with Crippen LogP contribution in [-0.4, -0.2) is 101 Å². The lowest BCUT2D eigenvalue weighted by Gasteiger charge is -2.36. The summed E-state index contributed by atoms with van der Waals surface area (Å²) in [6.07, 6.45) is -1.01. The van der Waals surface area contributed by atoms with Crippen LogP contribution in [0.5, 0.6) is 11.5 Å². The number of aliphatic hydroxyl groups excluding tert-OH is 2. The monoisotopic (exact) mass is 750 g/mol. The molecule has 2 atom stereocenters. The number of methoxy groups -OCH3 is 1. The molecule has 12 nitrogen and oxygen atoms in total. The fourth-order valence-electron chi connectivity index (χ4n) is 4.28. The minimum atomic E-state index is -1.79. The Hall–Kier alpha value is -3.36. The number of amides is 2. The summed E-state index contributed by atoms with van der Waals surface area (Å²) in [5.41, 5.74) is 0.747. The summed E-state index contributed by atoms with van der Waals surface area (Å²) in [6.45, 7) is 23.5. The molecule has 2 rings (SSSR count). The summed E-state index contributed by atoms with van der Waals surface area (Å²) in [5, 5.41) is 24.6. The van der Waals surface area contributed by atoms with E-state index in [-0.39, 0.29) is 30.9 Å². The highest BCUT2D eigenvalue weighted by atomic mass is 28.4. The van der Waals surface area contributed by atoms with E-state index in [4.69, 9.17) is 33.2 Å². The molecule has 2 amide bonds. The van der Waals surface area contributed by atoms with Gasteiger partial charge in [0, 0.05) is 33.0 Å². The van der Waals surface area contributed by atoms with Gasteiger partial charge in [-0.25, -0.2) is 9.59 Å². The van der Waals surface area contributed by atoms with Crippen molar-refractivity contribution in [1.29, 1.82) is 0 Å². The van der Waals surface area contributed by atoms with E-state index in [1.165, 1.54) is 0 Å². The summed E-state index contributed by atoms with van der Waals surface area (Å²) in [4.78, 5) is 23.4. The Morgan fingerprint density at radius 1 is 0.712 bits per heavy atom. The van der Waals surface area contributed by atoms with Gasteiger partial charge < -0.3 is 49.0 Å². The molecular weight excluding hydrogens is 685 g/mol. The molecule has 0 spiro atoms. The summed E-state index contributed by atoms with van der Waals surface area (Å²) >= 11 is 0. The van der Waals surface area contributed by atoms with Crippen LogP contribution in [0.4, 0.5) is 9.59 Å². The molecule has 0 aromatic heterocycles. The number of alkyl carbamates (subject to hydrolysis) is 2. The fourth-order valence-corrected chi connectivity index (χ4v) is 5.31. The van der Waals surface area contributed by atoms with E-state index in [2.05, 4.69) is 44.5 Å². The molecule has 0 saturated carbocycles. The van der Waals surface area contributed by atoms with Gasteiger partial charge in [0.25, 0.3) is 0 Å². The number of ether oxygens (including phenoxy) is 5. The zero-order chi connectivity index (χ0) is 39.6. The second kappa shape index (κ2) is 22.0. The van der Waals surface area contributed by atoms with Crippen LogP contribution in [0.1, 0.15) is 73.4 Å². The Morgan fingerprint density at radius 2 is 1.17 bits per heavy atom. The number of para-hydroxylation sites is 2. The van der Waals surface area contributed by atoms with Crippen LogP contribution in [0, 0.1) is 0 Å². The molecule has 2 aromatic rings. The molecule has 52 heavy (non-hydrogen) atoms. The zero-order valence-electron chi connectivity index (χ0n) is 33.6. The van der Waals surface area contributed by atoms with Crippen LogP contribution in [0.15, 0.2) is 48.5 Å². The van der Waals surface area contributed by atoms with Gasteiger partial charge in [-0.1, -0.05) is 57.2 Å². The predicted molar refractivity (Wildman–Crippen MR) is 207 cm³/mol. The van der Waals surface area contributed by atoms with Crippen molar-refractivity contribution >= 4 is 20.5 Å². The number of hydrogen-bond donors (Lipinski definition) is 4. The van der Waals surface area contributed by atoms with E-state index >= 15 is 0 Å². The molecule has 296 valence electrons. The molecule has 0 unspecified atom stereocenters. The lowest BCUT2D eigenvalue weighted by molar-refractivity contribution is 0.0454. The number of carbonyl (C=O) groups is 2. The molecular formula is C39H66N2O10Si. The molecule has 4 N–H and O–H groups in total. The fraction of sp³-hybridized carbons (Fsp3) is 0.641. The Balaban J connectivity index is 0.000000534. The van der Waals surface area contributed by atoms with Gasteiger partial charge >= 0.3 is 12.2 Å². The van der Waals surface area contributed by atoms with Crippen LogP contribution >= 0.6 is 0 Å². The average Bonchev–Trinajstić information content (AvgIpc) is 3.02. The maximum atomic E-state index is 11.7. The Labute approximate surface area is 313 Å². The van der Waals surface area contributed by atoms with Gasteiger partial charge in [-0.2, -0.15) is 0 Å². The first kappa shape index (κ1) is 46.7. The van der Waals surface area contributed by atoms with Crippen molar-refractivity contribution in [3.05, 3.63) is 59.7 Å². The minimum absolute atomic E-state index is 0.0394. The lowest BCUT2D eigenvalue weighted by atomic mass is 10.1. The lowest BCUT2D eigenvalue weighted by Crippen LogP contribution is -2.41. The summed E-state index contributed by atoms with van der Waals surface area (Å²) < 4.78 is 33.4. The Bertz CT molecular complexity index is 1340. The molecule has 0 aliphatic carbocycles. The molecule has 0 aliphatic heterocycles. The van der Waals surface area contributed by atoms with Gasteiger partial charge in [0.2, 0.25) is 0 Å². The highest BCUT2D eigenvalue weighted by Crippen LogP contribution is 2.36. The van der Waals surface area contributed by atoms with Crippen molar-refractivity contribution in [1.82, 2.24) is 10.6 Å². The summed E-state index contributed by atoms with van der Waals surface area (Å²) in [5.74, 6) is 1.43. The van der Waals surface area contributed by atoms with Gasteiger partial charge in [0.05, 0.1) is 25.4 Å². The van der Waals surface area contributed by atoms with Crippen molar-refractivity contribution in [3.8, 4) is 11.5 Å². The first-order valence-electron chi connectivity index (χ1n) is 17.9. The normalized spacial score (nSPS) is 13.2. The van der Waals surface area contributed by atoms with Crippen LogP contribution in [0.3, 0.4) is 0 Å². The average molecular weight is 751 g/mol. The molecule has 0 aliphatic rings. The molecule has 0 bridgehead atoms. The summed E-state index contributed by atoms with van der Waals surface area (Å²) in [6, 6.07) is 15.2. The SMILES string of the molecule is CC(C)(C)OC(=O)NC[C@H](O)Cc1ccccc1OCCO[Si](C)(C)C(C)(C)C.CO[C@@H](CNC(=O)OC(C)(C)C)Cc1ccccc1OCCO. The van der Waals surface area contributed by atoms with E-state index in [0.717, 1.165) is 16.9 Å². The van der Waals surface area contributed by atoms with Gasteiger partial charge in [-0.15, -0.1) is 0 Å². The maximum Gasteiger partial charge on any atom is 0.407 e. The number of nitrogens with one attached hydrogen (secondary N) is 2. The number of rotatable bonds is 17. The topological polar surface area (TPSA) is 154 Å². The first-order valence-corrected chi connectivity index (χ1v) is 20.8. The van der Waals surface area contributed by atoms with Crippen LogP contribution in [0.2, 0.25) is 18.1 Å². The van der Waals surface area contributed by atoms with Crippen LogP contribution < -0.4 is 20.1 Å². The maximum absolute atomic E-state index is 11.7. The van der Waals surface area contributed by atoms with E-state index in [0.29, 0.717) is 38.3 Å². The van der Waals surface area contributed by atoms with E-state index in [9.17, 15) is 14.7 Å². The minimum Gasteiger partial charge on any atom is -0.491 e. The third kappa shape index (κ3) is 20.0. The smallest absolute Gasteiger partial charge is 0.407 e. The highest BCUT2D eigenvalue weighted by molar-refractivity contribution is 6.74. The van der Waals surface area contributed by atoms with Gasteiger partial charge in [-0.3, -0.25) is 0 Å². The highest BCUT2D eigenvalue weighted by Gasteiger charge is 2.37. The van der Waals surface area contributed by atoms with E-state index in [1.807, 2.05) is 69.3 Å². The van der Waals surface area contributed by atoms with Crippen molar-refractivity contribution < 1.29 is 47.9 Å². The molecule has 0 fully saturated rings. The summed E-state index contributed by atoms with van der Waals surface area (Å²) in [7, 11) is -0.198. The largest absolute Gasteiger partial charge is 0.491 e. The van der Waals surface area contributed by atoms with Gasteiger partial charge in [0.15, 0.2) is 8.32 Å². The van der Waals surface area contributed by atoms with Gasteiger partial charge in [0.1, 0.15) is 35.9 Å². The molecule has 0 radical (unpaired) electrons. The quantitative estimate of drug-likeness (QED) is 0.102.